The fourth-order valence-electron chi connectivity index (χ4n) is 3.08. The van der Waals surface area contributed by atoms with Crippen molar-refractivity contribution in [3.8, 4) is 0 Å². The van der Waals surface area contributed by atoms with Gasteiger partial charge in [-0.2, -0.15) is 0 Å². The summed E-state index contributed by atoms with van der Waals surface area (Å²) in [7, 11) is 0. The van der Waals surface area contributed by atoms with Gasteiger partial charge in [-0.1, -0.05) is 12.1 Å². The average Bonchev–Trinajstić information content (AvgIpc) is 3.27. The summed E-state index contributed by atoms with van der Waals surface area (Å²) in [5.41, 5.74) is 4.03. The Hall–Kier alpha value is -3.58. The normalized spacial score (nSPS) is 10.6. The Morgan fingerprint density at radius 2 is 1.83 bits per heavy atom. The summed E-state index contributed by atoms with van der Waals surface area (Å²) in [6.07, 6.45) is 5.16. The minimum Gasteiger partial charge on any atom is -0.319 e. The number of pyridine rings is 1. The summed E-state index contributed by atoms with van der Waals surface area (Å²) >= 11 is 1.49. The molecule has 0 radical (unpaired) electrons. The van der Waals surface area contributed by atoms with Gasteiger partial charge in [0.05, 0.1) is 17.1 Å². The van der Waals surface area contributed by atoms with E-state index >= 15 is 0 Å². The van der Waals surface area contributed by atoms with E-state index in [2.05, 4.69) is 15.3 Å². The van der Waals surface area contributed by atoms with Crippen molar-refractivity contribution in [2.75, 3.05) is 10.2 Å². The number of benzene rings is 2. The molecule has 0 aliphatic carbocycles. The van der Waals surface area contributed by atoms with Crippen LogP contribution in [0.1, 0.15) is 21.5 Å². The molecule has 5 nitrogen and oxygen atoms in total. The fraction of sp³-hybridized carbons (Fsp3) is 0.0870. The summed E-state index contributed by atoms with van der Waals surface area (Å²) in [5, 5.41) is 5.33. The minimum atomic E-state index is -0.461. The van der Waals surface area contributed by atoms with Crippen LogP contribution in [-0.4, -0.2) is 15.9 Å². The van der Waals surface area contributed by atoms with E-state index in [1.54, 1.807) is 49.8 Å². The number of anilines is 4. The van der Waals surface area contributed by atoms with Crippen LogP contribution in [0.25, 0.3) is 0 Å². The first-order chi connectivity index (χ1) is 14.5. The van der Waals surface area contributed by atoms with Gasteiger partial charge in [-0.25, -0.2) is 9.37 Å². The molecule has 0 spiro atoms. The van der Waals surface area contributed by atoms with Crippen LogP contribution in [0.2, 0.25) is 0 Å². The highest BCUT2D eigenvalue weighted by Gasteiger charge is 2.19. The second kappa shape index (κ2) is 8.42. The lowest BCUT2D eigenvalue weighted by Crippen LogP contribution is -2.16. The van der Waals surface area contributed by atoms with Crippen LogP contribution in [0, 0.1) is 19.7 Å². The number of hydrogen-bond acceptors (Lipinski definition) is 5. The summed E-state index contributed by atoms with van der Waals surface area (Å²) < 4.78 is 14.2. The maximum absolute atomic E-state index is 14.2. The Labute approximate surface area is 177 Å². The highest BCUT2D eigenvalue weighted by atomic mass is 32.1. The van der Waals surface area contributed by atoms with E-state index in [0.717, 1.165) is 27.6 Å². The molecule has 0 unspecified atom stereocenters. The van der Waals surface area contributed by atoms with Gasteiger partial charge in [0.2, 0.25) is 0 Å². The van der Waals surface area contributed by atoms with E-state index in [9.17, 15) is 9.18 Å². The van der Waals surface area contributed by atoms with Crippen molar-refractivity contribution in [1.29, 1.82) is 0 Å². The lowest BCUT2D eigenvalue weighted by atomic mass is 10.1. The highest BCUT2D eigenvalue weighted by molar-refractivity contribution is 7.13. The predicted molar refractivity (Wildman–Crippen MR) is 118 cm³/mol. The van der Waals surface area contributed by atoms with Gasteiger partial charge in [0.25, 0.3) is 5.91 Å². The first-order valence-electron chi connectivity index (χ1n) is 9.31. The van der Waals surface area contributed by atoms with Gasteiger partial charge >= 0.3 is 0 Å². The number of rotatable bonds is 5. The molecule has 0 atom stereocenters. The largest absolute Gasteiger partial charge is 0.319 e. The third-order valence-corrected chi connectivity index (χ3v) is 5.37. The van der Waals surface area contributed by atoms with E-state index < -0.39 is 5.82 Å². The van der Waals surface area contributed by atoms with Crippen molar-refractivity contribution in [2.45, 2.75) is 13.8 Å². The molecule has 1 N–H and O–H groups in total. The van der Waals surface area contributed by atoms with Crippen molar-refractivity contribution < 1.29 is 9.18 Å². The molecule has 0 fully saturated rings. The molecule has 150 valence electrons. The Morgan fingerprint density at radius 1 is 1.03 bits per heavy atom. The molecule has 1 amide bonds. The smallest absolute Gasteiger partial charge is 0.255 e. The number of thiazole rings is 1. The van der Waals surface area contributed by atoms with Crippen molar-refractivity contribution in [3.05, 3.63) is 95.0 Å². The summed E-state index contributed by atoms with van der Waals surface area (Å²) in [5.74, 6) is -0.843. The van der Waals surface area contributed by atoms with Crippen LogP contribution in [0.4, 0.5) is 26.6 Å². The predicted octanol–water partition coefficient (Wildman–Crippen LogP) is 6.02. The second-order valence-corrected chi connectivity index (χ2v) is 7.67. The third kappa shape index (κ3) is 4.06. The van der Waals surface area contributed by atoms with Gasteiger partial charge in [0.15, 0.2) is 5.13 Å². The fourth-order valence-corrected chi connectivity index (χ4v) is 3.75. The second-order valence-electron chi connectivity index (χ2n) is 6.79. The molecule has 0 bridgehead atoms. The summed E-state index contributed by atoms with van der Waals surface area (Å²) in [6, 6.07) is 13.9. The van der Waals surface area contributed by atoms with Crippen molar-refractivity contribution >= 4 is 39.4 Å². The highest BCUT2D eigenvalue weighted by Crippen LogP contribution is 2.37. The zero-order valence-corrected chi connectivity index (χ0v) is 17.3. The number of carbonyl (C=O) groups excluding carboxylic acids is 1. The maximum atomic E-state index is 14.2. The number of hydrogen-bond donors (Lipinski definition) is 1. The van der Waals surface area contributed by atoms with Crippen molar-refractivity contribution in [1.82, 2.24) is 9.97 Å². The summed E-state index contributed by atoms with van der Waals surface area (Å²) in [4.78, 5) is 23.4. The van der Waals surface area contributed by atoms with Gasteiger partial charge in [0, 0.05) is 29.5 Å². The maximum Gasteiger partial charge on any atom is 0.255 e. The molecule has 0 aliphatic heterocycles. The SMILES string of the molecule is Cc1ccc(NC(=O)c2ccc(C)c(N(c3ccncc3)c3nccs3)c2)c(F)c1. The van der Waals surface area contributed by atoms with Crippen LogP contribution >= 0.6 is 11.3 Å². The van der Waals surface area contributed by atoms with Gasteiger partial charge in [-0.3, -0.25) is 14.7 Å². The van der Waals surface area contributed by atoms with Crippen LogP contribution in [0.3, 0.4) is 0 Å². The van der Waals surface area contributed by atoms with E-state index in [1.165, 1.54) is 17.4 Å². The van der Waals surface area contributed by atoms with Crippen LogP contribution in [0.5, 0.6) is 0 Å². The van der Waals surface area contributed by atoms with E-state index in [4.69, 9.17) is 0 Å². The Bertz CT molecular complexity index is 1180. The summed E-state index contributed by atoms with van der Waals surface area (Å²) in [6.45, 7) is 3.77. The molecule has 2 aromatic heterocycles. The molecule has 2 aromatic carbocycles. The number of halogens is 1. The topological polar surface area (TPSA) is 58.1 Å². The molecule has 7 heteroatoms. The van der Waals surface area contributed by atoms with Gasteiger partial charge in [0.1, 0.15) is 5.82 Å². The first kappa shape index (κ1) is 19.7. The molecular formula is C23H19FN4OS. The van der Waals surface area contributed by atoms with E-state index in [1.807, 2.05) is 35.4 Å². The zero-order valence-electron chi connectivity index (χ0n) is 16.5. The molecule has 4 aromatic rings. The standard InChI is InChI=1S/C23H19FN4OS/c1-15-3-6-20(19(24)13-15)27-22(29)17-5-4-16(2)21(14-17)28(23-26-11-12-30-23)18-7-9-25-10-8-18/h3-14H,1-2H3,(H,27,29). The van der Waals surface area contributed by atoms with Gasteiger partial charge < -0.3 is 5.32 Å². The molecule has 2 heterocycles. The Balaban J connectivity index is 1.72. The molecule has 0 saturated heterocycles. The number of nitrogens with zero attached hydrogens (tertiary/aromatic N) is 3. The lowest BCUT2D eigenvalue weighted by Gasteiger charge is -2.24. The third-order valence-electron chi connectivity index (χ3n) is 4.62. The van der Waals surface area contributed by atoms with Crippen LogP contribution in [-0.2, 0) is 0 Å². The minimum absolute atomic E-state index is 0.152. The van der Waals surface area contributed by atoms with Crippen molar-refractivity contribution in [3.63, 3.8) is 0 Å². The number of amides is 1. The first-order valence-corrected chi connectivity index (χ1v) is 10.2. The molecule has 30 heavy (non-hydrogen) atoms. The van der Waals surface area contributed by atoms with Gasteiger partial charge in [-0.05, 0) is 61.4 Å². The molecular weight excluding hydrogens is 399 g/mol. The molecule has 4 rings (SSSR count). The Morgan fingerprint density at radius 3 is 2.53 bits per heavy atom. The monoisotopic (exact) mass is 418 g/mol. The zero-order chi connectivity index (χ0) is 21.1. The van der Waals surface area contributed by atoms with Crippen LogP contribution in [0.15, 0.2) is 72.5 Å². The van der Waals surface area contributed by atoms with Crippen LogP contribution < -0.4 is 10.2 Å². The lowest BCUT2D eigenvalue weighted by molar-refractivity contribution is 0.102. The number of nitrogens with one attached hydrogen (secondary N) is 1. The van der Waals surface area contributed by atoms with E-state index in [-0.39, 0.29) is 11.6 Å². The molecule has 0 saturated carbocycles. The molecule has 0 aliphatic rings. The van der Waals surface area contributed by atoms with Crippen molar-refractivity contribution in [2.24, 2.45) is 0 Å². The quantitative estimate of drug-likeness (QED) is 0.431. The Kier molecular flexibility index (Phi) is 5.54. The average molecular weight is 418 g/mol. The number of aryl methyl sites for hydroxylation is 2. The van der Waals surface area contributed by atoms with E-state index in [0.29, 0.717) is 5.56 Å². The number of aromatic nitrogens is 2. The van der Waals surface area contributed by atoms with Gasteiger partial charge in [-0.15, -0.1) is 11.3 Å². The number of carbonyl (C=O) groups is 1.